The smallest absolute Gasteiger partial charge is 0.119 e. The summed E-state index contributed by atoms with van der Waals surface area (Å²) >= 11 is 0. The lowest BCUT2D eigenvalue weighted by molar-refractivity contribution is 0.414. The lowest BCUT2D eigenvalue weighted by Gasteiger charge is -2.18. The molecule has 2 aromatic carbocycles. The Morgan fingerprint density at radius 1 is 1.06 bits per heavy atom. The van der Waals surface area contributed by atoms with Crippen molar-refractivity contribution in [2.24, 2.45) is 0 Å². The number of nitrogen functional groups attached to an aromatic ring is 1. The molecular weight excluding hydrogens is 224 g/mol. The summed E-state index contributed by atoms with van der Waals surface area (Å²) < 4.78 is 5.26. The Morgan fingerprint density at radius 3 is 2.39 bits per heavy atom. The van der Waals surface area contributed by atoms with Gasteiger partial charge in [-0.2, -0.15) is 0 Å². The van der Waals surface area contributed by atoms with Gasteiger partial charge < -0.3 is 15.8 Å². The van der Waals surface area contributed by atoms with Crippen LogP contribution in [0.1, 0.15) is 17.2 Å². The monoisotopic (exact) mass is 242 g/mol. The van der Waals surface area contributed by atoms with E-state index in [0.29, 0.717) is 0 Å². The van der Waals surface area contributed by atoms with Crippen molar-refractivity contribution in [1.29, 1.82) is 0 Å². The lowest BCUT2D eigenvalue weighted by atomic mass is 9.98. The molecule has 3 heteroatoms. The normalized spacial score (nSPS) is 12.1. The van der Waals surface area contributed by atoms with Crippen LogP contribution in [0.3, 0.4) is 0 Å². The van der Waals surface area contributed by atoms with E-state index in [1.807, 2.05) is 49.5 Å². The zero-order valence-electron chi connectivity index (χ0n) is 10.7. The van der Waals surface area contributed by atoms with Gasteiger partial charge in [-0.25, -0.2) is 0 Å². The van der Waals surface area contributed by atoms with Crippen LogP contribution in [-0.2, 0) is 0 Å². The number of hydrogen-bond acceptors (Lipinski definition) is 3. The number of rotatable bonds is 4. The number of benzene rings is 2. The first-order valence-electron chi connectivity index (χ1n) is 5.91. The molecule has 0 amide bonds. The Kier molecular flexibility index (Phi) is 3.85. The van der Waals surface area contributed by atoms with Crippen molar-refractivity contribution in [1.82, 2.24) is 5.32 Å². The highest BCUT2D eigenvalue weighted by molar-refractivity contribution is 5.43. The van der Waals surface area contributed by atoms with Crippen molar-refractivity contribution < 1.29 is 4.74 Å². The SMILES string of the molecule is CNC(c1ccc(N)cc1)c1cccc(OC)c1. The zero-order chi connectivity index (χ0) is 13.0. The van der Waals surface area contributed by atoms with Gasteiger partial charge in [0.25, 0.3) is 0 Å². The van der Waals surface area contributed by atoms with Crippen molar-refractivity contribution in [2.75, 3.05) is 19.9 Å². The third-order valence-electron chi connectivity index (χ3n) is 2.99. The molecule has 94 valence electrons. The molecule has 0 saturated carbocycles. The second-order valence-electron chi connectivity index (χ2n) is 4.16. The van der Waals surface area contributed by atoms with E-state index in [0.717, 1.165) is 11.4 Å². The predicted octanol–water partition coefficient (Wildman–Crippen LogP) is 2.59. The summed E-state index contributed by atoms with van der Waals surface area (Å²) in [5.74, 6) is 0.864. The Labute approximate surface area is 108 Å². The van der Waals surface area contributed by atoms with Crippen molar-refractivity contribution in [3.63, 3.8) is 0 Å². The van der Waals surface area contributed by atoms with E-state index in [9.17, 15) is 0 Å². The zero-order valence-corrected chi connectivity index (χ0v) is 10.7. The van der Waals surface area contributed by atoms with Gasteiger partial charge >= 0.3 is 0 Å². The van der Waals surface area contributed by atoms with E-state index in [2.05, 4.69) is 11.4 Å². The average molecular weight is 242 g/mol. The minimum Gasteiger partial charge on any atom is -0.497 e. The van der Waals surface area contributed by atoms with Crippen molar-refractivity contribution in [3.05, 3.63) is 59.7 Å². The lowest BCUT2D eigenvalue weighted by Crippen LogP contribution is -2.17. The van der Waals surface area contributed by atoms with Gasteiger partial charge in [-0.3, -0.25) is 0 Å². The Balaban J connectivity index is 2.35. The molecule has 0 aromatic heterocycles. The fourth-order valence-corrected chi connectivity index (χ4v) is 2.04. The van der Waals surface area contributed by atoms with Gasteiger partial charge in [0.1, 0.15) is 5.75 Å². The molecule has 3 nitrogen and oxygen atoms in total. The molecule has 1 atom stereocenters. The third kappa shape index (κ3) is 2.63. The first-order chi connectivity index (χ1) is 8.74. The molecule has 3 N–H and O–H groups in total. The highest BCUT2D eigenvalue weighted by Crippen LogP contribution is 2.25. The van der Waals surface area contributed by atoms with Crippen LogP contribution in [0.4, 0.5) is 5.69 Å². The first-order valence-corrected chi connectivity index (χ1v) is 5.91. The number of nitrogens with one attached hydrogen (secondary N) is 1. The average Bonchev–Trinajstić information content (AvgIpc) is 2.42. The highest BCUT2D eigenvalue weighted by atomic mass is 16.5. The summed E-state index contributed by atoms with van der Waals surface area (Å²) in [6.45, 7) is 0. The second-order valence-corrected chi connectivity index (χ2v) is 4.16. The molecule has 0 aliphatic heterocycles. The molecule has 1 unspecified atom stereocenters. The largest absolute Gasteiger partial charge is 0.497 e. The maximum Gasteiger partial charge on any atom is 0.119 e. The Hall–Kier alpha value is -2.00. The van der Waals surface area contributed by atoms with Gasteiger partial charge in [-0.1, -0.05) is 24.3 Å². The molecule has 2 aromatic rings. The molecule has 2 rings (SSSR count). The molecule has 0 aliphatic carbocycles. The van der Waals surface area contributed by atoms with E-state index < -0.39 is 0 Å². The minimum absolute atomic E-state index is 0.140. The molecular formula is C15H18N2O. The molecule has 0 bridgehead atoms. The van der Waals surface area contributed by atoms with E-state index in [1.165, 1.54) is 11.1 Å². The van der Waals surface area contributed by atoms with E-state index in [-0.39, 0.29) is 6.04 Å². The van der Waals surface area contributed by atoms with Crippen LogP contribution in [0.5, 0.6) is 5.75 Å². The molecule has 0 aliphatic rings. The first kappa shape index (κ1) is 12.5. The Bertz CT molecular complexity index is 508. The summed E-state index contributed by atoms with van der Waals surface area (Å²) in [7, 11) is 3.62. The van der Waals surface area contributed by atoms with E-state index in [1.54, 1.807) is 7.11 Å². The highest BCUT2D eigenvalue weighted by Gasteiger charge is 2.12. The van der Waals surface area contributed by atoms with E-state index >= 15 is 0 Å². The van der Waals surface area contributed by atoms with Crippen LogP contribution in [0, 0.1) is 0 Å². The maximum absolute atomic E-state index is 5.71. The topological polar surface area (TPSA) is 47.3 Å². The van der Waals surface area contributed by atoms with Crippen LogP contribution in [0.15, 0.2) is 48.5 Å². The van der Waals surface area contributed by atoms with Gasteiger partial charge in [0.2, 0.25) is 0 Å². The Morgan fingerprint density at radius 2 is 1.78 bits per heavy atom. The summed E-state index contributed by atoms with van der Waals surface area (Å²) in [4.78, 5) is 0. The quantitative estimate of drug-likeness (QED) is 0.810. The number of nitrogens with two attached hydrogens (primary N) is 1. The molecule has 0 heterocycles. The van der Waals surface area contributed by atoms with Crippen LogP contribution in [0.2, 0.25) is 0 Å². The van der Waals surface area contributed by atoms with Gasteiger partial charge in [0.05, 0.1) is 13.2 Å². The second kappa shape index (κ2) is 5.56. The fourth-order valence-electron chi connectivity index (χ4n) is 2.04. The molecule has 0 fully saturated rings. The van der Waals surface area contributed by atoms with Crippen LogP contribution in [-0.4, -0.2) is 14.2 Å². The van der Waals surface area contributed by atoms with Crippen molar-refractivity contribution in [2.45, 2.75) is 6.04 Å². The fraction of sp³-hybridized carbons (Fsp3) is 0.200. The summed E-state index contributed by atoms with van der Waals surface area (Å²) in [6.07, 6.45) is 0. The number of hydrogen-bond donors (Lipinski definition) is 2. The maximum atomic E-state index is 5.71. The number of methoxy groups -OCH3 is 1. The third-order valence-corrected chi connectivity index (χ3v) is 2.99. The van der Waals surface area contributed by atoms with Crippen LogP contribution < -0.4 is 15.8 Å². The van der Waals surface area contributed by atoms with Crippen LogP contribution in [0.25, 0.3) is 0 Å². The summed E-state index contributed by atoms with van der Waals surface area (Å²) in [5, 5.41) is 3.31. The number of anilines is 1. The molecule has 0 radical (unpaired) electrons. The van der Waals surface area contributed by atoms with Crippen molar-refractivity contribution >= 4 is 5.69 Å². The minimum atomic E-state index is 0.140. The summed E-state index contributed by atoms with van der Waals surface area (Å²) in [6, 6.07) is 16.1. The van der Waals surface area contributed by atoms with E-state index in [4.69, 9.17) is 10.5 Å². The van der Waals surface area contributed by atoms with Crippen molar-refractivity contribution in [3.8, 4) is 5.75 Å². The van der Waals surface area contributed by atoms with Gasteiger partial charge in [-0.05, 0) is 42.4 Å². The molecule has 0 saturated heterocycles. The van der Waals surface area contributed by atoms with Gasteiger partial charge in [-0.15, -0.1) is 0 Å². The molecule has 18 heavy (non-hydrogen) atoms. The van der Waals surface area contributed by atoms with Gasteiger partial charge in [0, 0.05) is 5.69 Å². The summed E-state index contributed by atoms with van der Waals surface area (Å²) in [5.41, 5.74) is 8.84. The van der Waals surface area contributed by atoms with Crippen LogP contribution >= 0.6 is 0 Å². The van der Waals surface area contributed by atoms with Gasteiger partial charge in [0.15, 0.2) is 0 Å². The molecule has 0 spiro atoms. The number of ether oxygens (including phenoxy) is 1. The predicted molar refractivity (Wildman–Crippen MR) is 74.8 cm³/mol. The standard InChI is InChI=1S/C15H18N2O/c1-17-15(11-6-8-13(16)9-7-11)12-4-3-5-14(10-12)18-2/h3-10,15,17H,16H2,1-2H3.